The predicted molar refractivity (Wildman–Crippen MR) is 157 cm³/mol. The van der Waals surface area contributed by atoms with Gasteiger partial charge in [0.05, 0.1) is 29.5 Å². The summed E-state index contributed by atoms with van der Waals surface area (Å²) < 4.78 is 42.7. The summed E-state index contributed by atoms with van der Waals surface area (Å²) in [4.78, 5) is 51.2. The molecule has 20 heteroatoms. The maximum atomic E-state index is 13.3. The van der Waals surface area contributed by atoms with Crippen LogP contribution in [0.15, 0.2) is 41.3 Å². The number of oxime groups is 1. The maximum absolute atomic E-state index is 13.3. The molecule has 45 heavy (non-hydrogen) atoms. The van der Waals surface area contributed by atoms with E-state index in [4.69, 9.17) is 25.6 Å². The Balaban J connectivity index is 1.44. The number of carbonyl (C=O) groups is 3. The van der Waals surface area contributed by atoms with E-state index in [-0.39, 0.29) is 16.6 Å². The number of aliphatic carboxylic acids is 1. The zero-order valence-electron chi connectivity index (χ0n) is 24.0. The number of hydrogen-bond donors (Lipinski definition) is 4. The molecule has 0 aliphatic carbocycles. The van der Waals surface area contributed by atoms with Crippen LogP contribution < -0.4 is 16.2 Å². The van der Waals surface area contributed by atoms with Crippen molar-refractivity contribution in [3.05, 3.63) is 41.8 Å². The van der Waals surface area contributed by atoms with Gasteiger partial charge < -0.3 is 26.1 Å². The molecule has 0 radical (unpaired) electrons. The average Bonchev–Trinajstić information content (AvgIpc) is 3.64. The van der Waals surface area contributed by atoms with E-state index >= 15 is 0 Å². The van der Waals surface area contributed by atoms with Gasteiger partial charge in [0.2, 0.25) is 0 Å². The van der Waals surface area contributed by atoms with E-state index in [0.717, 1.165) is 23.3 Å². The third-order valence-corrected chi connectivity index (χ3v) is 7.68. The number of aromatic nitrogens is 4. The van der Waals surface area contributed by atoms with Crippen LogP contribution in [0.5, 0.6) is 5.75 Å². The Morgan fingerprint density at radius 1 is 1.27 bits per heavy atom. The number of amides is 1. The van der Waals surface area contributed by atoms with Crippen molar-refractivity contribution in [2.24, 2.45) is 16.8 Å². The number of nitrogen functional groups attached to an aromatic ring is 1. The van der Waals surface area contributed by atoms with E-state index in [2.05, 4.69) is 24.5 Å². The molecular formula is C25H30N8O10S2. The molecule has 0 bridgehead atoms. The van der Waals surface area contributed by atoms with Crippen LogP contribution in [0.3, 0.4) is 0 Å². The van der Waals surface area contributed by atoms with Gasteiger partial charge in [0.1, 0.15) is 18.1 Å². The number of anilines is 1. The molecule has 4 heterocycles. The number of thiazole rings is 1. The molecule has 1 aliphatic rings. The van der Waals surface area contributed by atoms with E-state index in [1.807, 2.05) is 6.20 Å². The van der Waals surface area contributed by atoms with Crippen LogP contribution in [0.4, 0.5) is 5.13 Å². The Morgan fingerprint density at radius 2 is 2.02 bits per heavy atom. The molecule has 0 spiro atoms. The molecule has 18 nitrogen and oxygen atoms in total. The number of ketones is 1. The molecule has 4 rings (SSSR count). The van der Waals surface area contributed by atoms with Gasteiger partial charge in [-0.2, -0.15) is 18.6 Å². The lowest BCUT2D eigenvalue weighted by molar-refractivity contribution is -0.228. The molecule has 1 aliphatic heterocycles. The van der Waals surface area contributed by atoms with Crippen LogP contribution in [-0.4, -0.2) is 91.1 Å². The number of pyridine rings is 1. The van der Waals surface area contributed by atoms with Crippen LogP contribution >= 0.6 is 11.3 Å². The monoisotopic (exact) mass is 666 g/mol. The number of nitrogens with zero attached hydrogens (tertiary/aromatic N) is 6. The fraction of sp³-hybridized carbons (Fsp3) is 0.400. The van der Waals surface area contributed by atoms with Crippen LogP contribution in [0.1, 0.15) is 32.4 Å². The van der Waals surface area contributed by atoms with E-state index in [1.54, 1.807) is 23.0 Å². The zero-order chi connectivity index (χ0) is 32.9. The highest BCUT2D eigenvalue weighted by Gasteiger charge is 2.57. The average molecular weight is 667 g/mol. The van der Waals surface area contributed by atoms with Gasteiger partial charge in [0.25, 0.3) is 12.0 Å². The first-order valence-electron chi connectivity index (χ1n) is 13.2. The highest BCUT2D eigenvalue weighted by molar-refractivity contribution is 7.80. The van der Waals surface area contributed by atoms with E-state index < -0.39 is 64.4 Å². The van der Waals surface area contributed by atoms with Crippen LogP contribution in [-0.2, 0) is 40.4 Å². The van der Waals surface area contributed by atoms with Gasteiger partial charge in [-0.15, -0.1) is 15.6 Å². The van der Waals surface area contributed by atoms with Crippen molar-refractivity contribution in [2.75, 3.05) is 18.9 Å². The summed E-state index contributed by atoms with van der Waals surface area (Å²) in [6.07, 6.45) is 3.47. The van der Waals surface area contributed by atoms with Crippen molar-refractivity contribution in [3.63, 3.8) is 0 Å². The molecular weight excluding hydrogens is 636 g/mol. The van der Waals surface area contributed by atoms with Crippen molar-refractivity contribution in [1.82, 2.24) is 24.8 Å². The molecule has 1 amide bonds. The van der Waals surface area contributed by atoms with Gasteiger partial charge in [-0.3, -0.25) is 23.8 Å². The molecule has 242 valence electrons. The second-order valence-corrected chi connectivity index (χ2v) is 12.1. The van der Waals surface area contributed by atoms with E-state index in [0.29, 0.717) is 23.8 Å². The predicted octanol–water partition coefficient (Wildman–Crippen LogP) is 0.516. The molecule has 0 aromatic carbocycles. The number of rotatable bonds is 16. The summed E-state index contributed by atoms with van der Waals surface area (Å²) in [7, 11) is -4.99. The first-order chi connectivity index (χ1) is 21.2. The minimum absolute atomic E-state index is 0.0330. The summed E-state index contributed by atoms with van der Waals surface area (Å²) in [6, 6.07) is 3.25. The van der Waals surface area contributed by atoms with Crippen molar-refractivity contribution in [2.45, 2.75) is 44.9 Å². The summed E-state index contributed by atoms with van der Waals surface area (Å²) in [5.41, 5.74) is 10.8. The van der Waals surface area contributed by atoms with E-state index in [9.17, 15) is 27.9 Å². The minimum Gasteiger partial charge on any atom is -0.487 e. The molecule has 1 fully saturated rings. The van der Waals surface area contributed by atoms with Crippen molar-refractivity contribution in [1.29, 1.82) is 0 Å². The van der Waals surface area contributed by atoms with E-state index in [1.165, 1.54) is 25.4 Å². The second kappa shape index (κ2) is 13.6. The Morgan fingerprint density at radius 3 is 2.60 bits per heavy atom. The number of Topliss-reactive ketones (excluding diaryl/α,β-unsaturated/α-hetero) is 1. The number of hydroxylamine groups is 2. The Labute approximate surface area is 260 Å². The normalized spacial score (nSPS) is 17.1. The largest absolute Gasteiger partial charge is 0.487 e. The van der Waals surface area contributed by atoms with Gasteiger partial charge in [-0.1, -0.05) is 5.16 Å². The fourth-order valence-electron chi connectivity index (χ4n) is 4.23. The molecule has 1 saturated heterocycles. The van der Waals surface area contributed by atoms with Crippen molar-refractivity contribution < 1.29 is 46.3 Å². The number of carboxylic acid groups (broad SMARTS) is 1. The number of carboxylic acids is 1. The molecule has 2 atom stereocenters. The second-order valence-electron chi connectivity index (χ2n) is 10.2. The highest BCUT2D eigenvalue weighted by atomic mass is 32.3. The summed E-state index contributed by atoms with van der Waals surface area (Å²) in [5, 5.41) is 19.6. The molecule has 3 aromatic rings. The van der Waals surface area contributed by atoms with Gasteiger partial charge in [0, 0.05) is 30.1 Å². The van der Waals surface area contributed by atoms with Crippen molar-refractivity contribution >= 4 is 50.2 Å². The lowest BCUT2D eigenvalue weighted by Crippen LogP contribution is -2.68. The van der Waals surface area contributed by atoms with Gasteiger partial charge in [-0.05, 0) is 38.9 Å². The zero-order valence-corrected chi connectivity index (χ0v) is 25.6. The molecule has 6 N–H and O–H groups in total. The SMILES string of the molecule is CC1(C)C(CC(=O)/C(=N\OC(COc2ccc(-c3cnn(CCCN)c3)nc2)C(=O)O)c2csc(N)n2)C(=O)N1OS(=O)(=O)O. The van der Waals surface area contributed by atoms with Gasteiger partial charge >= 0.3 is 16.4 Å². The standard InChI is InChI=1S/C25H30N8O10S2/c1-25(2)16(22(35)33(25)43-45(38,39)40)8-19(34)21(18-13-44-24(27)30-18)31-42-20(23(36)37)12-41-15-4-5-17(28-10-15)14-9-29-32(11-14)7-3-6-26/h4-5,9-11,13,16,20H,3,6-8,12,26H2,1-2H3,(H2,27,30)(H,36,37)(H,38,39,40)/b31-21-. The van der Waals surface area contributed by atoms with Gasteiger partial charge in [-0.25, -0.2) is 9.78 Å². The van der Waals surface area contributed by atoms with Crippen LogP contribution in [0.2, 0.25) is 0 Å². The van der Waals surface area contributed by atoms with Crippen LogP contribution in [0, 0.1) is 5.92 Å². The number of aryl methyl sites for hydroxylation is 1. The molecule has 2 unspecified atom stereocenters. The first kappa shape index (κ1) is 33.4. The number of carbonyl (C=O) groups excluding carboxylic acids is 2. The topological polar surface area (TPSA) is 265 Å². The minimum atomic E-state index is -4.99. The summed E-state index contributed by atoms with van der Waals surface area (Å²) in [6.45, 7) is 3.52. The van der Waals surface area contributed by atoms with Crippen molar-refractivity contribution in [3.8, 4) is 17.0 Å². The highest BCUT2D eigenvalue weighted by Crippen LogP contribution is 2.40. The fourth-order valence-corrected chi connectivity index (χ4v) is 5.23. The smallest absolute Gasteiger partial charge is 0.418 e. The third-order valence-electron chi connectivity index (χ3n) is 6.67. The number of hydrogen-bond acceptors (Lipinski definition) is 15. The first-order valence-corrected chi connectivity index (χ1v) is 15.5. The molecule has 0 saturated carbocycles. The maximum Gasteiger partial charge on any atom is 0.418 e. The molecule has 3 aromatic heterocycles. The Hall–Kier alpha value is -4.50. The Bertz CT molecular complexity index is 1690. The third kappa shape index (κ3) is 8.16. The number of nitrogens with two attached hydrogens (primary N) is 2. The Kier molecular flexibility index (Phi) is 10.1. The lowest BCUT2D eigenvalue weighted by atomic mass is 9.74. The quantitative estimate of drug-likeness (QED) is 0.0702. The number of β-lactam (4-membered cyclic amide) rings is 1. The summed E-state index contributed by atoms with van der Waals surface area (Å²) in [5.74, 6) is -3.97. The lowest BCUT2D eigenvalue weighted by Gasteiger charge is -2.50. The van der Waals surface area contributed by atoms with Gasteiger partial charge in [0.15, 0.2) is 16.6 Å². The summed E-state index contributed by atoms with van der Waals surface area (Å²) >= 11 is 0.978. The number of ether oxygens (including phenoxy) is 1. The van der Waals surface area contributed by atoms with Crippen LogP contribution in [0.25, 0.3) is 11.3 Å².